The highest BCUT2D eigenvalue weighted by Gasteiger charge is 2.15. The van der Waals surface area contributed by atoms with Crippen molar-refractivity contribution < 1.29 is 9.84 Å². The summed E-state index contributed by atoms with van der Waals surface area (Å²) in [6.07, 6.45) is 0. The number of hydrogen-bond donors (Lipinski definition) is 2. The van der Waals surface area contributed by atoms with Crippen molar-refractivity contribution in [3.63, 3.8) is 0 Å². The highest BCUT2D eigenvalue weighted by Crippen LogP contribution is 2.31. The van der Waals surface area contributed by atoms with Gasteiger partial charge in [-0.05, 0) is 17.7 Å². The first-order chi connectivity index (χ1) is 8.04. The molecule has 0 unspecified atom stereocenters. The third kappa shape index (κ3) is 1.89. The number of hydrogen-bond acceptors (Lipinski definition) is 3. The van der Waals surface area contributed by atoms with Crippen LogP contribution in [0.5, 0.6) is 11.6 Å². The first kappa shape index (κ1) is 11.6. The molecule has 0 amide bonds. The van der Waals surface area contributed by atoms with Gasteiger partial charge in [0.1, 0.15) is 11.3 Å². The maximum Gasteiger partial charge on any atom is 0.275 e. The number of aromatic nitrogens is 2. The van der Waals surface area contributed by atoms with Crippen LogP contribution in [-0.4, -0.2) is 22.0 Å². The summed E-state index contributed by atoms with van der Waals surface area (Å²) < 4.78 is 6.26. The largest absolute Gasteiger partial charge is 0.495 e. The van der Waals surface area contributed by atoms with Crippen LogP contribution in [0.4, 0.5) is 0 Å². The van der Waals surface area contributed by atoms with Gasteiger partial charge in [0.2, 0.25) is 5.88 Å². The van der Waals surface area contributed by atoms with E-state index in [0.29, 0.717) is 16.3 Å². The van der Waals surface area contributed by atoms with Gasteiger partial charge in [-0.3, -0.25) is 14.6 Å². The fraction of sp³-hybridized carbons (Fsp3) is 0.182. The lowest BCUT2D eigenvalue weighted by Gasteiger charge is -2.04. The van der Waals surface area contributed by atoms with Crippen LogP contribution in [0, 0.1) is 0 Å². The van der Waals surface area contributed by atoms with E-state index < -0.39 is 0 Å². The summed E-state index contributed by atoms with van der Waals surface area (Å²) in [5.41, 5.74) is 0.360. The van der Waals surface area contributed by atoms with Gasteiger partial charge in [0, 0.05) is 7.05 Å². The minimum absolute atomic E-state index is 0.128. The fourth-order valence-corrected chi connectivity index (χ4v) is 1.87. The summed E-state index contributed by atoms with van der Waals surface area (Å²) in [5, 5.41) is 12.6. The van der Waals surface area contributed by atoms with E-state index in [0.717, 1.165) is 0 Å². The molecule has 90 valence electrons. The number of H-pyrrole nitrogens is 1. The number of aryl methyl sites for hydroxylation is 1. The molecule has 0 radical (unpaired) electrons. The zero-order valence-electron chi connectivity index (χ0n) is 9.32. The number of aromatic hydroxyl groups is 1. The standard InChI is InChI=1S/C11H11ClN2O3/c1-14-11(16)9(10(15)13-14)6-3-4-8(17-2)7(12)5-6/h3-5,16H,1-2H3,(H,13,15). The van der Waals surface area contributed by atoms with Crippen LogP contribution in [-0.2, 0) is 7.05 Å². The van der Waals surface area contributed by atoms with Gasteiger partial charge in [0.05, 0.1) is 12.1 Å². The van der Waals surface area contributed by atoms with E-state index in [9.17, 15) is 9.90 Å². The maximum absolute atomic E-state index is 11.6. The predicted molar refractivity (Wildman–Crippen MR) is 64.7 cm³/mol. The lowest BCUT2D eigenvalue weighted by Crippen LogP contribution is -2.03. The lowest BCUT2D eigenvalue weighted by atomic mass is 10.1. The number of nitrogens with one attached hydrogen (secondary N) is 1. The highest BCUT2D eigenvalue weighted by atomic mass is 35.5. The Balaban J connectivity index is 2.61. The first-order valence-electron chi connectivity index (χ1n) is 4.86. The topological polar surface area (TPSA) is 67.2 Å². The second kappa shape index (κ2) is 4.18. The molecule has 0 aliphatic heterocycles. The summed E-state index contributed by atoms with van der Waals surface area (Å²) in [6.45, 7) is 0. The molecule has 1 heterocycles. The molecule has 2 aromatic rings. The maximum atomic E-state index is 11.6. The molecule has 5 nitrogen and oxygen atoms in total. The average Bonchev–Trinajstić information content (AvgIpc) is 2.53. The normalized spacial score (nSPS) is 10.5. The van der Waals surface area contributed by atoms with Crippen LogP contribution in [0.3, 0.4) is 0 Å². The number of benzene rings is 1. The van der Waals surface area contributed by atoms with E-state index in [1.54, 1.807) is 25.2 Å². The predicted octanol–water partition coefficient (Wildman–Crippen LogP) is 1.75. The van der Waals surface area contributed by atoms with Gasteiger partial charge in [-0.15, -0.1) is 0 Å². The van der Waals surface area contributed by atoms with Crippen LogP contribution in [0.1, 0.15) is 0 Å². The first-order valence-corrected chi connectivity index (χ1v) is 5.24. The van der Waals surface area contributed by atoms with E-state index >= 15 is 0 Å². The number of ether oxygens (including phenoxy) is 1. The van der Waals surface area contributed by atoms with Gasteiger partial charge in [0.25, 0.3) is 5.56 Å². The number of aromatic amines is 1. The van der Waals surface area contributed by atoms with Gasteiger partial charge in [0.15, 0.2) is 0 Å². The molecule has 0 spiro atoms. The third-order valence-corrected chi connectivity index (χ3v) is 2.77. The molecule has 0 bridgehead atoms. The Morgan fingerprint density at radius 1 is 1.47 bits per heavy atom. The molecule has 0 aliphatic rings. The summed E-state index contributed by atoms with van der Waals surface area (Å²) in [7, 11) is 3.05. The van der Waals surface area contributed by atoms with Gasteiger partial charge in [-0.25, -0.2) is 0 Å². The average molecular weight is 255 g/mol. The summed E-state index contributed by atoms with van der Waals surface area (Å²) in [6, 6.07) is 4.88. The van der Waals surface area contributed by atoms with E-state index in [4.69, 9.17) is 16.3 Å². The SMILES string of the molecule is COc1ccc(-c2c(O)n(C)[nH]c2=O)cc1Cl. The fourth-order valence-electron chi connectivity index (χ4n) is 1.61. The molecule has 17 heavy (non-hydrogen) atoms. The monoisotopic (exact) mass is 254 g/mol. The van der Waals surface area contributed by atoms with Gasteiger partial charge < -0.3 is 9.84 Å². The molecule has 0 fully saturated rings. The van der Waals surface area contributed by atoms with Crippen LogP contribution < -0.4 is 10.3 Å². The smallest absolute Gasteiger partial charge is 0.275 e. The van der Waals surface area contributed by atoms with Gasteiger partial charge in [-0.1, -0.05) is 17.7 Å². The Labute approximate surface area is 102 Å². The van der Waals surface area contributed by atoms with Crippen LogP contribution in [0.15, 0.2) is 23.0 Å². The second-order valence-corrected chi connectivity index (χ2v) is 3.96. The molecular weight excluding hydrogens is 244 g/mol. The molecule has 1 aromatic heterocycles. The van der Waals surface area contributed by atoms with Gasteiger partial charge >= 0.3 is 0 Å². The Morgan fingerprint density at radius 3 is 2.65 bits per heavy atom. The Hall–Kier alpha value is -1.88. The number of nitrogens with zero attached hydrogens (tertiary/aromatic N) is 1. The lowest BCUT2D eigenvalue weighted by molar-refractivity contribution is 0.415. The van der Waals surface area contributed by atoms with Crippen molar-refractivity contribution >= 4 is 11.6 Å². The van der Waals surface area contributed by atoms with Crippen LogP contribution in [0.2, 0.25) is 5.02 Å². The minimum Gasteiger partial charge on any atom is -0.495 e. The number of rotatable bonds is 2. The van der Waals surface area contributed by atoms with E-state index in [2.05, 4.69) is 5.10 Å². The molecule has 0 saturated carbocycles. The quantitative estimate of drug-likeness (QED) is 0.858. The molecule has 0 saturated heterocycles. The van der Waals surface area contributed by atoms with Crippen LogP contribution in [0.25, 0.3) is 11.1 Å². The summed E-state index contributed by atoms with van der Waals surface area (Å²) in [4.78, 5) is 11.6. The second-order valence-electron chi connectivity index (χ2n) is 3.55. The van der Waals surface area contributed by atoms with Crippen molar-refractivity contribution in [2.75, 3.05) is 7.11 Å². The minimum atomic E-state index is -0.369. The Morgan fingerprint density at radius 2 is 2.18 bits per heavy atom. The van der Waals surface area contributed by atoms with Crippen molar-refractivity contribution in [2.45, 2.75) is 0 Å². The molecule has 2 N–H and O–H groups in total. The molecule has 6 heteroatoms. The zero-order valence-corrected chi connectivity index (χ0v) is 10.1. The molecule has 1 aromatic carbocycles. The Bertz CT molecular complexity index is 616. The van der Waals surface area contributed by atoms with E-state index in [-0.39, 0.29) is 17.0 Å². The van der Waals surface area contributed by atoms with E-state index in [1.807, 2.05) is 0 Å². The molecule has 0 aliphatic carbocycles. The van der Waals surface area contributed by atoms with Crippen molar-refractivity contribution in [2.24, 2.45) is 7.05 Å². The summed E-state index contributed by atoms with van der Waals surface area (Å²) in [5.74, 6) is 0.387. The zero-order chi connectivity index (χ0) is 12.6. The van der Waals surface area contributed by atoms with Crippen molar-refractivity contribution in [1.82, 2.24) is 9.78 Å². The number of halogens is 1. The third-order valence-electron chi connectivity index (χ3n) is 2.48. The van der Waals surface area contributed by atoms with Crippen molar-refractivity contribution in [3.05, 3.63) is 33.6 Å². The molecular formula is C11H11ClN2O3. The van der Waals surface area contributed by atoms with Gasteiger partial charge in [-0.2, -0.15) is 0 Å². The van der Waals surface area contributed by atoms with Crippen LogP contribution >= 0.6 is 11.6 Å². The van der Waals surface area contributed by atoms with E-state index in [1.165, 1.54) is 11.8 Å². The molecule has 2 rings (SSSR count). The van der Waals surface area contributed by atoms with Crippen molar-refractivity contribution in [1.29, 1.82) is 0 Å². The number of methoxy groups -OCH3 is 1. The Kier molecular flexibility index (Phi) is 2.85. The summed E-state index contributed by atoms with van der Waals surface area (Å²) >= 11 is 5.97. The van der Waals surface area contributed by atoms with Crippen molar-refractivity contribution in [3.8, 4) is 22.8 Å². The highest BCUT2D eigenvalue weighted by molar-refractivity contribution is 6.32. The molecule has 0 atom stereocenters.